The molecule has 0 saturated carbocycles. The Hall–Kier alpha value is -4.01. The van der Waals surface area contributed by atoms with Crippen LogP contribution in [0.25, 0.3) is 33.4 Å². The summed E-state index contributed by atoms with van der Waals surface area (Å²) in [5.74, 6) is 0.820. The van der Waals surface area contributed by atoms with E-state index >= 15 is 0 Å². The standard InChI is InChI=1S/C32H33FN2O5/c1-21(2)19-34-32(37)24-6-9-29(39-16-13-35-11-14-38-15-12-35)26(18-24)23-5-10-30-27(17-23)28(20-36)31(40-30)22-3-7-25(33)8-4-22/h3-10,17-18,20-21H,11-16,19H2,1-2H3,(H,34,37). The van der Waals surface area contributed by atoms with Gasteiger partial charge >= 0.3 is 0 Å². The maximum absolute atomic E-state index is 13.5. The van der Waals surface area contributed by atoms with Crippen LogP contribution in [0.2, 0.25) is 0 Å². The number of rotatable bonds is 10. The average molecular weight is 545 g/mol. The Balaban J connectivity index is 1.50. The molecule has 40 heavy (non-hydrogen) atoms. The first-order chi connectivity index (χ1) is 19.4. The second-order valence-electron chi connectivity index (χ2n) is 10.3. The molecule has 1 aromatic heterocycles. The van der Waals surface area contributed by atoms with Gasteiger partial charge in [-0.1, -0.05) is 19.9 Å². The van der Waals surface area contributed by atoms with Crippen molar-refractivity contribution in [3.8, 4) is 28.2 Å². The largest absolute Gasteiger partial charge is 0.492 e. The number of carbonyl (C=O) groups is 2. The zero-order chi connectivity index (χ0) is 28.1. The zero-order valence-electron chi connectivity index (χ0n) is 22.7. The van der Waals surface area contributed by atoms with Crippen LogP contribution in [0, 0.1) is 11.7 Å². The van der Waals surface area contributed by atoms with Gasteiger partial charge in [-0.15, -0.1) is 0 Å². The molecular formula is C32H33FN2O5. The molecule has 4 aromatic rings. The predicted molar refractivity (Wildman–Crippen MR) is 152 cm³/mol. The van der Waals surface area contributed by atoms with Crippen molar-refractivity contribution < 1.29 is 27.9 Å². The Morgan fingerprint density at radius 3 is 2.52 bits per heavy atom. The Morgan fingerprint density at radius 2 is 1.80 bits per heavy atom. The molecule has 0 atom stereocenters. The van der Waals surface area contributed by atoms with Gasteiger partial charge in [-0.2, -0.15) is 0 Å². The third-order valence-corrected chi connectivity index (χ3v) is 6.94. The molecule has 8 heteroatoms. The van der Waals surface area contributed by atoms with E-state index in [4.69, 9.17) is 13.9 Å². The van der Waals surface area contributed by atoms with Gasteiger partial charge in [-0.05, 0) is 66.1 Å². The fourth-order valence-corrected chi connectivity index (χ4v) is 4.75. The van der Waals surface area contributed by atoms with Crippen LogP contribution in [0.3, 0.4) is 0 Å². The van der Waals surface area contributed by atoms with E-state index in [1.54, 1.807) is 24.3 Å². The van der Waals surface area contributed by atoms with Crippen molar-refractivity contribution in [3.05, 3.63) is 77.6 Å². The first-order valence-corrected chi connectivity index (χ1v) is 13.6. The van der Waals surface area contributed by atoms with E-state index in [0.717, 1.165) is 50.3 Å². The van der Waals surface area contributed by atoms with Gasteiger partial charge in [0.25, 0.3) is 5.91 Å². The van der Waals surface area contributed by atoms with E-state index in [1.807, 2.05) is 38.1 Å². The van der Waals surface area contributed by atoms with Crippen LogP contribution in [-0.2, 0) is 4.74 Å². The van der Waals surface area contributed by atoms with Crippen molar-refractivity contribution in [2.75, 3.05) is 46.0 Å². The molecule has 1 aliphatic heterocycles. The summed E-state index contributed by atoms with van der Waals surface area (Å²) in [6.45, 7) is 9.07. The number of hydrogen-bond donors (Lipinski definition) is 1. The number of ether oxygens (including phenoxy) is 2. The molecule has 2 heterocycles. The highest BCUT2D eigenvalue weighted by molar-refractivity contribution is 6.04. The molecule has 7 nitrogen and oxygen atoms in total. The van der Waals surface area contributed by atoms with E-state index < -0.39 is 0 Å². The van der Waals surface area contributed by atoms with Crippen LogP contribution in [-0.4, -0.2) is 63.1 Å². The number of halogens is 1. The van der Waals surface area contributed by atoms with Crippen LogP contribution in [0.4, 0.5) is 4.39 Å². The van der Waals surface area contributed by atoms with Gasteiger partial charge in [0.2, 0.25) is 0 Å². The SMILES string of the molecule is CC(C)CNC(=O)c1ccc(OCCN2CCOCC2)c(-c2ccc3oc(-c4ccc(F)cc4)c(C=O)c3c2)c1. The summed E-state index contributed by atoms with van der Waals surface area (Å²) in [6, 6.07) is 16.8. The number of carbonyl (C=O) groups excluding carboxylic acids is 2. The van der Waals surface area contributed by atoms with Crippen LogP contribution in [0.5, 0.6) is 5.75 Å². The quantitative estimate of drug-likeness (QED) is 0.254. The van der Waals surface area contributed by atoms with Crippen molar-refractivity contribution in [3.63, 3.8) is 0 Å². The lowest BCUT2D eigenvalue weighted by atomic mass is 9.98. The molecule has 0 bridgehead atoms. The Kier molecular flexibility index (Phi) is 8.57. The molecule has 0 spiro atoms. The van der Waals surface area contributed by atoms with Crippen LogP contribution >= 0.6 is 0 Å². The van der Waals surface area contributed by atoms with Crippen molar-refractivity contribution in [2.45, 2.75) is 13.8 Å². The fraction of sp³-hybridized carbons (Fsp3) is 0.312. The average Bonchev–Trinajstić information content (AvgIpc) is 3.34. The van der Waals surface area contributed by atoms with Gasteiger partial charge < -0.3 is 19.2 Å². The minimum absolute atomic E-state index is 0.161. The smallest absolute Gasteiger partial charge is 0.251 e. The Labute approximate surface area is 232 Å². The molecule has 1 fully saturated rings. The lowest BCUT2D eigenvalue weighted by Crippen LogP contribution is -2.38. The maximum Gasteiger partial charge on any atom is 0.251 e. The number of nitrogens with one attached hydrogen (secondary N) is 1. The summed E-state index contributed by atoms with van der Waals surface area (Å²) in [4.78, 5) is 27.4. The van der Waals surface area contributed by atoms with Gasteiger partial charge in [0.1, 0.15) is 29.5 Å². The van der Waals surface area contributed by atoms with Crippen molar-refractivity contribution >= 4 is 23.2 Å². The molecule has 0 radical (unpaired) electrons. The molecule has 0 unspecified atom stereocenters. The molecule has 1 saturated heterocycles. The second kappa shape index (κ2) is 12.4. The van der Waals surface area contributed by atoms with Crippen LogP contribution in [0.15, 0.2) is 65.1 Å². The first-order valence-electron chi connectivity index (χ1n) is 13.6. The van der Waals surface area contributed by atoms with Crippen molar-refractivity contribution in [2.24, 2.45) is 5.92 Å². The second-order valence-corrected chi connectivity index (χ2v) is 10.3. The molecule has 1 amide bonds. The highest BCUT2D eigenvalue weighted by Crippen LogP contribution is 2.38. The number of furan rings is 1. The molecule has 0 aliphatic carbocycles. The summed E-state index contributed by atoms with van der Waals surface area (Å²) in [7, 11) is 0. The number of aldehydes is 1. The third kappa shape index (κ3) is 6.24. The highest BCUT2D eigenvalue weighted by Gasteiger charge is 2.19. The van der Waals surface area contributed by atoms with Gasteiger partial charge in [0, 0.05) is 48.3 Å². The number of benzene rings is 3. The summed E-state index contributed by atoms with van der Waals surface area (Å²) < 4.78 is 31.2. The minimum Gasteiger partial charge on any atom is -0.492 e. The number of fused-ring (bicyclic) bond motifs is 1. The molecule has 3 aromatic carbocycles. The minimum atomic E-state index is -0.367. The van der Waals surface area contributed by atoms with E-state index in [0.29, 0.717) is 58.2 Å². The monoisotopic (exact) mass is 544 g/mol. The van der Waals surface area contributed by atoms with Gasteiger partial charge in [0.05, 0.1) is 18.8 Å². The van der Waals surface area contributed by atoms with E-state index in [-0.39, 0.29) is 11.7 Å². The van der Waals surface area contributed by atoms with E-state index in [9.17, 15) is 14.0 Å². The molecule has 208 valence electrons. The molecule has 1 N–H and O–H groups in total. The van der Waals surface area contributed by atoms with Gasteiger partial charge in [0.15, 0.2) is 6.29 Å². The Bertz CT molecular complexity index is 1490. The fourth-order valence-electron chi connectivity index (χ4n) is 4.75. The third-order valence-electron chi connectivity index (χ3n) is 6.94. The van der Waals surface area contributed by atoms with E-state index in [1.165, 1.54) is 12.1 Å². The topological polar surface area (TPSA) is 81.0 Å². The summed E-state index contributed by atoms with van der Waals surface area (Å²) in [6.07, 6.45) is 0.754. The first kappa shape index (κ1) is 27.6. The summed E-state index contributed by atoms with van der Waals surface area (Å²) in [5.41, 5.74) is 3.56. The number of hydrogen-bond acceptors (Lipinski definition) is 6. The van der Waals surface area contributed by atoms with Crippen LogP contribution < -0.4 is 10.1 Å². The maximum atomic E-state index is 13.5. The summed E-state index contributed by atoms with van der Waals surface area (Å²) >= 11 is 0. The predicted octanol–water partition coefficient (Wildman–Crippen LogP) is 5.82. The highest BCUT2D eigenvalue weighted by atomic mass is 19.1. The molecule has 1 aliphatic rings. The van der Waals surface area contributed by atoms with E-state index in [2.05, 4.69) is 10.2 Å². The summed E-state index contributed by atoms with van der Waals surface area (Å²) in [5, 5.41) is 3.60. The van der Waals surface area contributed by atoms with Crippen molar-refractivity contribution in [1.29, 1.82) is 0 Å². The van der Waals surface area contributed by atoms with Gasteiger partial charge in [-0.25, -0.2) is 4.39 Å². The molecular weight excluding hydrogens is 511 g/mol. The Morgan fingerprint density at radius 1 is 1.05 bits per heavy atom. The number of morpholine rings is 1. The molecule has 5 rings (SSSR count). The van der Waals surface area contributed by atoms with Crippen LogP contribution in [0.1, 0.15) is 34.6 Å². The number of amides is 1. The lowest BCUT2D eigenvalue weighted by Gasteiger charge is -2.26. The van der Waals surface area contributed by atoms with Gasteiger partial charge in [-0.3, -0.25) is 14.5 Å². The normalized spacial score (nSPS) is 14.0. The zero-order valence-corrected chi connectivity index (χ0v) is 22.7. The van der Waals surface area contributed by atoms with Crippen molar-refractivity contribution in [1.82, 2.24) is 10.2 Å². The number of nitrogens with zero attached hydrogens (tertiary/aromatic N) is 1. The lowest BCUT2D eigenvalue weighted by molar-refractivity contribution is 0.0323.